The molecule has 0 heterocycles. The molecular formula is C10H10BrF2NO4S. The Bertz CT molecular complexity index is 583. The molecule has 106 valence electrons. The molecule has 1 rings (SSSR count). The molecule has 5 nitrogen and oxygen atoms in total. The Morgan fingerprint density at radius 3 is 2.47 bits per heavy atom. The number of carboxylic acids is 1. The number of carboxylic acid groups (broad SMARTS) is 1. The van der Waals surface area contributed by atoms with Crippen LogP contribution in [0.1, 0.15) is 13.3 Å². The molecule has 0 aromatic heterocycles. The van der Waals surface area contributed by atoms with Gasteiger partial charge in [-0.15, -0.1) is 0 Å². The Morgan fingerprint density at radius 1 is 1.47 bits per heavy atom. The average Bonchev–Trinajstić information content (AvgIpc) is 2.23. The number of benzene rings is 1. The molecule has 1 aromatic carbocycles. The molecule has 0 amide bonds. The van der Waals surface area contributed by atoms with Crippen molar-refractivity contribution in [2.24, 2.45) is 0 Å². The molecule has 0 aliphatic carbocycles. The second kappa shape index (κ2) is 5.93. The molecule has 0 unspecified atom stereocenters. The second-order valence-corrected chi connectivity index (χ2v) is 6.12. The summed E-state index contributed by atoms with van der Waals surface area (Å²) in [6, 6.07) is -0.207. The Labute approximate surface area is 116 Å². The summed E-state index contributed by atoms with van der Waals surface area (Å²) in [5.41, 5.74) is 0. The predicted molar refractivity (Wildman–Crippen MR) is 66.1 cm³/mol. The zero-order chi connectivity index (χ0) is 14.8. The van der Waals surface area contributed by atoms with E-state index in [0.717, 1.165) is 6.07 Å². The molecule has 19 heavy (non-hydrogen) atoms. The normalized spacial score (nSPS) is 13.3. The lowest BCUT2D eigenvalue weighted by Gasteiger charge is -2.14. The Hall–Kier alpha value is -1.06. The SMILES string of the molecule is CC[C@H](NS(=O)(=O)c1c(F)cc(F)cc1Br)C(=O)O. The lowest BCUT2D eigenvalue weighted by atomic mass is 10.2. The Balaban J connectivity index is 3.25. The highest BCUT2D eigenvalue weighted by molar-refractivity contribution is 9.10. The van der Waals surface area contributed by atoms with Crippen molar-refractivity contribution in [1.29, 1.82) is 0 Å². The van der Waals surface area contributed by atoms with E-state index in [1.54, 1.807) is 0 Å². The minimum absolute atomic E-state index is 0.0189. The van der Waals surface area contributed by atoms with Gasteiger partial charge in [-0.1, -0.05) is 6.92 Å². The smallest absolute Gasteiger partial charge is 0.321 e. The molecule has 0 fully saturated rings. The van der Waals surface area contributed by atoms with Gasteiger partial charge in [-0.3, -0.25) is 4.79 Å². The van der Waals surface area contributed by atoms with E-state index in [-0.39, 0.29) is 10.9 Å². The van der Waals surface area contributed by atoms with Crippen molar-refractivity contribution >= 4 is 31.9 Å². The molecule has 0 radical (unpaired) electrons. The van der Waals surface area contributed by atoms with Crippen molar-refractivity contribution in [3.05, 3.63) is 28.2 Å². The second-order valence-electron chi connectivity index (χ2n) is 3.62. The zero-order valence-electron chi connectivity index (χ0n) is 9.65. The lowest BCUT2D eigenvalue weighted by molar-refractivity contribution is -0.139. The third kappa shape index (κ3) is 3.71. The van der Waals surface area contributed by atoms with Gasteiger partial charge in [0, 0.05) is 10.5 Å². The van der Waals surface area contributed by atoms with Gasteiger partial charge in [0.15, 0.2) is 0 Å². The summed E-state index contributed by atoms with van der Waals surface area (Å²) in [4.78, 5) is 9.95. The third-order valence-electron chi connectivity index (χ3n) is 2.24. The minimum atomic E-state index is -4.41. The van der Waals surface area contributed by atoms with Crippen LogP contribution in [-0.4, -0.2) is 25.5 Å². The van der Waals surface area contributed by atoms with Crippen LogP contribution in [0, 0.1) is 11.6 Å². The Morgan fingerprint density at radius 2 is 2.05 bits per heavy atom. The van der Waals surface area contributed by atoms with Crippen LogP contribution in [-0.2, 0) is 14.8 Å². The lowest BCUT2D eigenvalue weighted by Crippen LogP contribution is -2.40. The number of sulfonamides is 1. The molecule has 0 spiro atoms. The predicted octanol–water partition coefficient (Wildman–Crippen LogP) is 1.87. The summed E-state index contributed by atoms with van der Waals surface area (Å²) >= 11 is 2.74. The number of halogens is 3. The number of nitrogens with one attached hydrogen (secondary N) is 1. The van der Waals surface area contributed by atoms with Gasteiger partial charge in [0.25, 0.3) is 0 Å². The van der Waals surface area contributed by atoms with Gasteiger partial charge >= 0.3 is 5.97 Å². The highest BCUT2D eigenvalue weighted by Gasteiger charge is 2.28. The van der Waals surface area contributed by atoms with E-state index >= 15 is 0 Å². The molecule has 2 N–H and O–H groups in total. The molecule has 0 saturated heterocycles. The number of hydrogen-bond acceptors (Lipinski definition) is 3. The van der Waals surface area contributed by atoms with Crippen LogP contribution in [0.2, 0.25) is 0 Å². The Kier molecular flexibility index (Phi) is 4.99. The van der Waals surface area contributed by atoms with E-state index in [9.17, 15) is 22.0 Å². The van der Waals surface area contributed by atoms with Crippen LogP contribution in [0.5, 0.6) is 0 Å². The van der Waals surface area contributed by atoms with Crippen LogP contribution in [0.15, 0.2) is 21.5 Å². The van der Waals surface area contributed by atoms with Crippen LogP contribution in [0.4, 0.5) is 8.78 Å². The first-order valence-corrected chi connectivity index (χ1v) is 7.36. The van der Waals surface area contributed by atoms with Gasteiger partial charge in [0.2, 0.25) is 10.0 Å². The summed E-state index contributed by atoms with van der Waals surface area (Å²) < 4.78 is 51.7. The molecule has 9 heteroatoms. The standard InChI is InChI=1S/C10H10BrF2NO4S/c1-2-8(10(15)16)14-19(17,18)9-6(11)3-5(12)4-7(9)13/h3-4,8,14H,2H2,1H3,(H,15,16)/t8-/m0/s1. The highest BCUT2D eigenvalue weighted by Crippen LogP contribution is 2.26. The van der Waals surface area contributed by atoms with Crippen molar-refractivity contribution in [3.8, 4) is 0 Å². The van der Waals surface area contributed by atoms with E-state index in [2.05, 4.69) is 15.9 Å². The minimum Gasteiger partial charge on any atom is -0.480 e. The molecular weight excluding hydrogens is 348 g/mol. The van der Waals surface area contributed by atoms with E-state index < -0.39 is 38.6 Å². The first-order valence-electron chi connectivity index (χ1n) is 5.08. The van der Waals surface area contributed by atoms with E-state index in [1.807, 2.05) is 4.72 Å². The fraction of sp³-hybridized carbons (Fsp3) is 0.300. The first kappa shape index (κ1) is 16.0. The molecule has 1 atom stereocenters. The highest BCUT2D eigenvalue weighted by atomic mass is 79.9. The van der Waals surface area contributed by atoms with Gasteiger partial charge < -0.3 is 5.11 Å². The fourth-order valence-corrected chi connectivity index (χ4v) is 3.78. The van der Waals surface area contributed by atoms with E-state index in [4.69, 9.17) is 5.11 Å². The molecule has 0 bridgehead atoms. The van der Waals surface area contributed by atoms with Crippen molar-refractivity contribution < 1.29 is 27.1 Å². The fourth-order valence-electron chi connectivity index (χ4n) is 1.34. The summed E-state index contributed by atoms with van der Waals surface area (Å²) in [5.74, 6) is -3.64. The molecule has 1 aromatic rings. The number of rotatable bonds is 5. The van der Waals surface area contributed by atoms with Gasteiger partial charge in [0.1, 0.15) is 22.6 Å². The number of carbonyl (C=O) groups is 1. The van der Waals surface area contributed by atoms with Crippen molar-refractivity contribution in [2.75, 3.05) is 0 Å². The van der Waals surface area contributed by atoms with Crippen molar-refractivity contribution in [3.63, 3.8) is 0 Å². The largest absolute Gasteiger partial charge is 0.480 e. The number of hydrogen-bond donors (Lipinski definition) is 2. The van der Waals surface area contributed by atoms with Crippen LogP contribution in [0.3, 0.4) is 0 Å². The third-order valence-corrected chi connectivity index (χ3v) is 4.67. The molecule has 0 aliphatic rings. The van der Waals surface area contributed by atoms with E-state index in [1.165, 1.54) is 6.92 Å². The number of aliphatic carboxylic acids is 1. The van der Waals surface area contributed by atoms with Gasteiger partial charge in [-0.05, 0) is 28.4 Å². The van der Waals surface area contributed by atoms with E-state index in [0.29, 0.717) is 6.07 Å². The molecule has 0 saturated carbocycles. The summed E-state index contributed by atoms with van der Waals surface area (Å²) in [5, 5.41) is 8.77. The maximum absolute atomic E-state index is 13.5. The summed E-state index contributed by atoms with van der Waals surface area (Å²) in [6.07, 6.45) is -0.0189. The van der Waals surface area contributed by atoms with Gasteiger partial charge in [0.05, 0.1) is 0 Å². The zero-order valence-corrected chi connectivity index (χ0v) is 12.1. The first-order chi connectivity index (χ1) is 8.69. The van der Waals surface area contributed by atoms with Crippen molar-refractivity contribution in [2.45, 2.75) is 24.3 Å². The quantitative estimate of drug-likeness (QED) is 0.842. The van der Waals surface area contributed by atoms with Gasteiger partial charge in [-0.2, -0.15) is 4.72 Å². The molecule has 0 aliphatic heterocycles. The van der Waals surface area contributed by atoms with Crippen molar-refractivity contribution in [1.82, 2.24) is 4.72 Å². The maximum Gasteiger partial charge on any atom is 0.321 e. The summed E-state index contributed by atoms with van der Waals surface area (Å²) in [7, 11) is -4.41. The van der Waals surface area contributed by atoms with Crippen LogP contribution in [0.25, 0.3) is 0 Å². The van der Waals surface area contributed by atoms with Gasteiger partial charge in [-0.25, -0.2) is 17.2 Å². The average molecular weight is 358 g/mol. The summed E-state index contributed by atoms with van der Waals surface area (Å²) in [6.45, 7) is 1.46. The monoisotopic (exact) mass is 357 g/mol. The maximum atomic E-state index is 13.5. The van der Waals surface area contributed by atoms with Crippen LogP contribution >= 0.6 is 15.9 Å². The van der Waals surface area contributed by atoms with Crippen LogP contribution < -0.4 is 4.72 Å². The topological polar surface area (TPSA) is 83.5 Å².